The van der Waals surface area contributed by atoms with Crippen molar-refractivity contribution in [3.8, 4) is 0 Å². The molecule has 1 aromatic heterocycles. The molecule has 0 saturated carbocycles. The molecule has 0 unspecified atom stereocenters. The molecule has 0 atom stereocenters. The molecular formula is C17H18FN3. The first kappa shape index (κ1) is 13.6. The molecule has 2 aromatic carbocycles. The molecule has 0 aliphatic heterocycles. The molecule has 3 nitrogen and oxygen atoms in total. The SMILES string of the molecule is Cc1cc2ncn(CCNc3ccccc3F)c2cc1C. The second-order valence-electron chi connectivity index (χ2n) is 5.27. The number of hydrogen-bond acceptors (Lipinski definition) is 2. The van der Waals surface area contributed by atoms with Gasteiger partial charge in [-0.1, -0.05) is 12.1 Å². The monoisotopic (exact) mass is 283 g/mol. The van der Waals surface area contributed by atoms with E-state index in [-0.39, 0.29) is 5.82 Å². The molecule has 3 aromatic rings. The Labute approximate surface area is 123 Å². The van der Waals surface area contributed by atoms with Gasteiger partial charge >= 0.3 is 0 Å². The third-order valence-corrected chi connectivity index (χ3v) is 3.78. The molecule has 0 aliphatic carbocycles. The van der Waals surface area contributed by atoms with Crippen LogP contribution in [0.15, 0.2) is 42.7 Å². The molecule has 0 saturated heterocycles. The predicted octanol–water partition coefficient (Wildman–Crippen LogP) is 3.90. The molecule has 0 aliphatic rings. The van der Waals surface area contributed by atoms with Crippen molar-refractivity contribution in [2.75, 3.05) is 11.9 Å². The Hall–Kier alpha value is -2.36. The van der Waals surface area contributed by atoms with Gasteiger partial charge < -0.3 is 9.88 Å². The summed E-state index contributed by atoms with van der Waals surface area (Å²) in [7, 11) is 0. The average Bonchev–Trinajstić information content (AvgIpc) is 2.84. The van der Waals surface area contributed by atoms with Gasteiger partial charge in [0.25, 0.3) is 0 Å². The van der Waals surface area contributed by atoms with Crippen molar-refractivity contribution in [2.24, 2.45) is 0 Å². The Kier molecular flexibility index (Phi) is 3.60. The average molecular weight is 283 g/mol. The quantitative estimate of drug-likeness (QED) is 0.787. The lowest BCUT2D eigenvalue weighted by Crippen LogP contribution is -2.10. The second kappa shape index (κ2) is 5.56. The van der Waals surface area contributed by atoms with Gasteiger partial charge in [0.15, 0.2) is 0 Å². The maximum Gasteiger partial charge on any atom is 0.146 e. The zero-order valence-corrected chi connectivity index (χ0v) is 12.2. The Morgan fingerprint density at radius 2 is 1.90 bits per heavy atom. The van der Waals surface area contributed by atoms with E-state index in [4.69, 9.17) is 0 Å². The first-order chi connectivity index (χ1) is 10.1. The highest BCUT2D eigenvalue weighted by molar-refractivity contribution is 5.77. The number of aromatic nitrogens is 2. The van der Waals surface area contributed by atoms with Gasteiger partial charge in [0.1, 0.15) is 5.82 Å². The highest BCUT2D eigenvalue weighted by Crippen LogP contribution is 2.18. The third-order valence-electron chi connectivity index (χ3n) is 3.78. The highest BCUT2D eigenvalue weighted by Gasteiger charge is 2.05. The number of anilines is 1. The number of nitrogens with zero attached hydrogens (tertiary/aromatic N) is 2. The van der Waals surface area contributed by atoms with Gasteiger partial charge in [0.2, 0.25) is 0 Å². The van der Waals surface area contributed by atoms with Crippen molar-refractivity contribution >= 4 is 16.7 Å². The molecule has 1 N–H and O–H groups in total. The maximum atomic E-state index is 13.5. The Balaban J connectivity index is 1.74. The number of halogens is 1. The number of rotatable bonds is 4. The van der Waals surface area contributed by atoms with E-state index in [1.54, 1.807) is 12.1 Å². The van der Waals surface area contributed by atoms with Crippen molar-refractivity contribution in [1.29, 1.82) is 0 Å². The summed E-state index contributed by atoms with van der Waals surface area (Å²) in [6.45, 7) is 5.59. The van der Waals surface area contributed by atoms with E-state index in [0.717, 1.165) is 17.6 Å². The lowest BCUT2D eigenvalue weighted by atomic mass is 10.1. The first-order valence-corrected chi connectivity index (χ1v) is 7.05. The van der Waals surface area contributed by atoms with Gasteiger partial charge in [-0.2, -0.15) is 0 Å². The summed E-state index contributed by atoms with van der Waals surface area (Å²) >= 11 is 0. The Morgan fingerprint density at radius 1 is 1.14 bits per heavy atom. The van der Waals surface area contributed by atoms with Crippen molar-refractivity contribution < 1.29 is 4.39 Å². The fourth-order valence-corrected chi connectivity index (χ4v) is 2.41. The number of hydrogen-bond donors (Lipinski definition) is 1. The lowest BCUT2D eigenvalue weighted by Gasteiger charge is -2.09. The molecule has 0 spiro atoms. The minimum atomic E-state index is -0.223. The van der Waals surface area contributed by atoms with Crippen LogP contribution in [0.5, 0.6) is 0 Å². The summed E-state index contributed by atoms with van der Waals surface area (Å²) in [5.41, 5.74) is 5.16. The van der Waals surface area contributed by atoms with Gasteiger partial charge in [-0.05, 0) is 49.2 Å². The minimum Gasteiger partial charge on any atom is -0.381 e. The fourth-order valence-electron chi connectivity index (χ4n) is 2.41. The van der Waals surface area contributed by atoms with Gasteiger partial charge in [0, 0.05) is 13.1 Å². The zero-order chi connectivity index (χ0) is 14.8. The van der Waals surface area contributed by atoms with Crippen LogP contribution in [0.1, 0.15) is 11.1 Å². The molecule has 0 amide bonds. The van der Waals surface area contributed by atoms with Gasteiger partial charge in [0.05, 0.1) is 23.0 Å². The number of imidazole rings is 1. The van der Waals surface area contributed by atoms with E-state index < -0.39 is 0 Å². The molecule has 4 heteroatoms. The molecule has 3 rings (SSSR count). The van der Waals surface area contributed by atoms with Crippen LogP contribution in [0.25, 0.3) is 11.0 Å². The van der Waals surface area contributed by atoms with Crippen LogP contribution in [-0.4, -0.2) is 16.1 Å². The van der Waals surface area contributed by atoms with E-state index in [1.165, 1.54) is 17.2 Å². The highest BCUT2D eigenvalue weighted by atomic mass is 19.1. The minimum absolute atomic E-state index is 0.223. The number of para-hydroxylation sites is 1. The Morgan fingerprint density at radius 3 is 2.71 bits per heavy atom. The summed E-state index contributed by atoms with van der Waals surface area (Å²) in [6, 6.07) is 11.0. The van der Waals surface area contributed by atoms with Crippen LogP contribution in [0, 0.1) is 19.7 Å². The van der Waals surface area contributed by atoms with Crippen molar-refractivity contribution in [1.82, 2.24) is 9.55 Å². The number of aryl methyl sites for hydroxylation is 2. The van der Waals surface area contributed by atoms with Crippen molar-refractivity contribution in [3.63, 3.8) is 0 Å². The molecule has 1 heterocycles. The molecule has 0 bridgehead atoms. The van der Waals surface area contributed by atoms with E-state index in [0.29, 0.717) is 12.2 Å². The predicted molar refractivity (Wildman–Crippen MR) is 84.1 cm³/mol. The summed E-state index contributed by atoms with van der Waals surface area (Å²) in [4.78, 5) is 4.42. The fraction of sp³-hybridized carbons (Fsp3) is 0.235. The molecule has 21 heavy (non-hydrogen) atoms. The van der Waals surface area contributed by atoms with Crippen LogP contribution < -0.4 is 5.32 Å². The zero-order valence-electron chi connectivity index (χ0n) is 12.2. The van der Waals surface area contributed by atoms with E-state index in [9.17, 15) is 4.39 Å². The van der Waals surface area contributed by atoms with Crippen LogP contribution in [0.4, 0.5) is 10.1 Å². The number of nitrogens with one attached hydrogen (secondary N) is 1. The normalized spacial score (nSPS) is 11.0. The van der Waals surface area contributed by atoms with Crippen LogP contribution in [0.2, 0.25) is 0 Å². The smallest absolute Gasteiger partial charge is 0.146 e. The van der Waals surface area contributed by atoms with E-state index in [2.05, 4.69) is 40.8 Å². The molecule has 0 radical (unpaired) electrons. The topological polar surface area (TPSA) is 29.9 Å². The van der Waals surface area contributed by atoms with Crippen LogP contribution in [0.3, 0.4) is 0 Å². The maximum absolute atomic E-state index is 13.5. The van der Waals surface area contributed by atoms with E-state index in [1.807, 2.05) is 12.4 Å². The standard InChI is InChI=1S/C17H18FN3/c1-12-9-16-17(10-13(12)2)21(11-20-16)8-7-19-15-6-4-3-5-14(15)18/h3-6,9-11,19H,7-8H2,1-2H3. The Bertz CT molecular complexity index is 777. The number of fused-ring (bicyclic) bond motifs is 1. The van der Waals surface area contributed by atoms with Crippen LogP contribution >= 0.6 is 0 Å². The van der Waals surface area contributed by atoms with Crippen molar-refractivity contribution in [2.45, 2.75) is 20.4 Å². The van der Waals surface area contributed by atoms with Crippen LogP contribution in [-0.2, 0) is 6.54 Å². The molecular weight excluding hydrogens is 265 g/mol. The van der Waals surface area contributed by atoms with Gasteiger partial charge in [-0.3, -0.25) is 0 Å². The summed E-state index contributed by atoms with van der Waals surface area (Å²) in [5, 5.41) is 3.12. The summed E-state index contributed by atoms with van der Waals surface area (Å²) in [6.07, 6.45) is 1.84. The number of benzene rings is 2. The van der Waals surface area contributed by atoms with Gasteiger partial charge in [-0.25, -0.2) is 9.37 Å². The molecule has 0 fully saturated rings. The lowest BCUT2D eigenvalue weighted by molar-refractivity contribution is 0.628. The third kappa shape index (κ3) is 2.75. The summed E-state index contributed by atoms with van der Waals surface area (Å²) in [5.74, 6) is -0.223. The first-order valence-electron chi connectivity index (χ1n) is 7.05. The molecule has 108 valence electrons. The van der Waals surface area contributed by atoms with Crippen molar-refractivity contribution in [3.05, 3.63) is 59.7 Å². The largest absolute Gasteiger partial charge is 0.381 e. The summed E-state index contributed by atoms with van der Waals surface area (Å²) < 4.78 is 15.6. The second-order valence-corrected chi connectivity index (χ2v) is 5.27. The van der Waals surface area contributed by atoms with Gasteiger partial charge in [-0.15, -0.1) is 0 Å². The van der Waals surface area contributed by atoms with E-state index >= 15 is 0 Å².